The number of rotatable bonds is 5. The average molecular weight is 769 g/mol. The van der Waals surface area contributed by atoms with E-state index in [1.54, 1.807) is 0 Å². The van der Waals surface area contributed by atoms with Crippen LogP contribution in [0.5, 0.6) is 0 Å². The first-order valence-electron chi connectivity index (χ1n) is 20.2. The lowest BCUT2D eigenvalue weighted by atomic mass is 10.0. The maximum atomic E-state index is 2.47. The van der Waals surface area contributed by atoms with Gasteiger partial charge in [-0.05, 0) is 110 Å². The Balaban J connectivity index is 1.02. The van der Waals surface area contributed by atoms with Crippen molar-refractivity contribution in [3.05, 3.63) is 218 Å². The quantitative estimate of drug-likeness (QED) is 0.172. The third-order valence-corrected chi connectivity index (χ3v) is 13.0. The van der Waals surface area contributed by atoms with Crippen LogP contribution in [0.25, 0.3) is 82.4 Å². The van der Waals surface area contributed by atoms with Gasteiger partial charge in [-0.15, -0.1) is 0 Å². The van der Waals surface area contributed by atoms with Gasteiger partial charge in [-0.3, -0.25) is 0 Å². The monoisotopic (exact) mass is 768 g/mol. The number of nitrogens with zero attached hydrogens (tertiary/aromatic N) is 2. The second kappa shape index (κ2) is 13.7. The highest BCUT2D eigenvalue weighted by molar-refractivity contribution is 7.99. The Morgan fingerprint density at radius 1 is 0.305 bits per heavy atom. The van der Waals surface area contributed by atoms with Crippen LogP contribution < -0.4 is 4.90 Å². The van der Waals surface area contributed by atoms with Gasteiger partial charge in [-0.25, -0.2) is 0 Å². The molecule has 0 bridgehead atoms. The summed E-state index contributed by atoms with van der Waals surface area (Å²) in [5, 5.41) is 7.48. The van der Waals surface area contributed by atoms with E-state index in [1.807, 2.05) is 11.8 Å². The predicted octanol–water partition coefficient (Wildman–Crippen LogP) is 16.0. The molecule has 0 unspecified atom stereocenters. The van der Waals surface area contributed by atoms with E-state index in [1.165, 1.54) is 97.9 Å². The molecular formula is C56H36N2S. The Morgan fingerprint density at radius 2 is 0.881 bits per heavy atom. The summed E-state index contributed by atoms with van der Waals surface area (Å²) in [4.78, 5) is 4.94. The summed E-state index contributed by atoms with van der Waals surface area (Å²) in [7, 11) is 0. The molecule has 3 heteroatoms. The molecular weight excluding hydrogens is 733 g/mol. The molecule has 2 heterocycles. The fourth-order valence-electron chi connectivity index (χ4n) is 9.09. The molecule has 0 saturated carbocycles. The third kappa shape index (κ3) is 5.66. The van der Waals surface area contributed by atoms with E-state index in [-0.39, 0.29) is 0 Å². The zero-order chi connectivity index (χ0) is 38.9. The van der Waals surface area contributed by atoms with Crippen molar-refractivity contribution in [2.45, 2.75) is 9.79 Å². The van der Waals surface area contributed by atoms with Crippen molar-refractivity contribution in [2.24, 2.45) is 0 Å². The molecule has 0 atom stereocenters. The summed E-state index contributed by atoms with van der Waals surface area (Å²) >= 11 is 1.87. The Hall–Kier alpha value is -7.33. The van der Waals surface area contributed by atoms with Gasteiger partial charge < -0.3 is 9.47 Å². The van der Waals surface area contributed by atoms with Crippen LogP contribution in [0.4, 0.5) is 17.1 Å². The molecule has 10 aromatic carbocycles. The second-order valence-electron chi connectivity index (χ2n) is 15.4. The summed E-state index contributed by atoms with van der Waals surface area (Å²) in [5.74, 6) is 0. The van der Waals surface area contributed by atoms with E-state index in [0.717, 1.165) is 11.4 Å². The lowest BCUT2D eigenvalue weighted by molar-refractivity contribution is 1.17. The molecule has 0 radical (unpaired) electrons. The summed E-state index contributed by atoms with van der Waals surface area (Å²) < 4.78 is 2.47. The first-order valence-corrected chi connectivity index (χ1v) is 21.0. The number of hydrogen-bond donors (Lipinski definition) is 0. The molecule has 1 aromatic heterocycles. The van der Waals surface area contributed by atoms with Crippen molar-refractivity contribution in [3.63, 3.8) is 0 Å². The van der Waals surface area contributed by atoms with Gasteiger partial charge >= 0.3 is 0 Å². The average Bonchev–Trinajstić information content (AvgIpc) is 3.65. The molecule has 0 N–H and O–H groups in total. The van der Waals surface area contributed by atoms with E-state index in [9.17, 15) is 0 Å². The van der Waals surface area contributed by atoms with E-state index in [2.05, 4.69) is 228 Å². The third-order valence-electron chi connectivity index (χ3n) is 11.9. The zero-order valence-corrected chi connectivity index (χ0v) is 32.9. The molecule has 59 heavy (non-hydrogen) atoms. The Labute approximate surface area is 347 Å². The van der Waals surface area contributed by atoms with Crippen LogP contribution in [0.3, 0.4) is 0 Å². The fraction of sp³-hybridized carbons (Fsp3) is 0. The summed E-state index contributed by atoms with van der Waals surface area (Å²) in [6, 6.07) is 80.0. The van der Waals surface area contributed by atoms with Crippen molar-refractivity contribution in [2.75, 3.05) is 4.90 Å². The lowest BCUT2D eigenvalue weighted by Gasteiger charge is -2.34. The van der Waals surface area contributed by atoms with E-state index in [0.29, 0.717) is 0 Å². The molecule has 2 nitrogen and oxygen atoms in total. The number of anilines is 3. The van der Waals surface area contributed by atoms with Crippen LogP contribution in [-0.2, 0) is 0 Å². The minimum absolute atomic E-state index is 1.15. The van der Waals surface area contributed by atoms with E-state index in [4.69, 9.17) is 0 Å². The van der Waals surface area contributed by atoms with Gasteiger partial charge in [0.05, 0.1) is 22.4 Å². The number of benzene rings is 10. The maximum Gasteiger partial charge on any atom is 0.0619 e. The highest BCUT2D eigenvalue weighted by Gasteiger charge is 2.27. The molecule has 0 amide bonds. The molecule has 1 aliphatic rings. The van der Waals surface area contributed by atoms with Gasteiger partial charge in [-0.1, -0.05) is 169 Å². The Bertz CT molecular complexity index is 3420. The van der Waals surface area contributed by atoms with Crippen molar-refractivity contribution in [1.82, 2.24) is 4.57 Å². The Kier molecular flexibility index (Phi) is 7.82. The Morgan fingerprint density at radius 3 is 1.64 bits per heavy atom. The normalized spacial score (nSPS) is 12.3. The largest absolute Gasteiger partial charge is 0.309 e. The minimum Gasteiger partial charge on any atom is -0.309 e. The van der Waals surface area contributed by atoms with Crippen molar-refractivity contribution in [1.29, 1.82) is 0 Å². The maximum absolute atomic E-state index is 2.47. The second-order valence-corrected chi connectivity index (χ2v) is 16.5. The van der Waals surface area contributed by atoms with Gasteiger partial charge in [-0.2, -0.15) is 0 Å². The predicted molar refractivity (Wildman–Crippen MR) is 251 cm³/mol. The smallest absolute Gasteiger partial charge is 0.0619 e. The first kappa shape index (κ1) is 33.8. The van der Waals surface area contributed by atoms with Crippen LogP contribution in [0.2, 0.25) is 0 Å². The van der Waals surface area contributed by atoms with Crippen LogP contribution in [0.15, 0.2) is 228 Å². The standard InChI is InChI=1S/C56H36N2S/c1-3-13-37(14-4-1)40-20-11-22-46(31-40)57-52-30-27-45(36-54(52)59-55-35-43-19-8-7-18-42(43)34-53(55)57)44-26-29-51-50(33-44)49-28-25-39-17-9-10-24-48(39)56(49)58(51)47-23-12-21-41(32-47)38-15-5-2-6-16-38/h1-36H. The molecule has 0 saturated heterocycles. The van der Waals surface area contributed by atoms with E-state index >= 15 is 0 Å². The van der Waals surface area contributed by atoms with Crippen molar-refractivity contribution < 1.29 is 0 Å². The van der Waals surface area contributed by atoms with Crippen LogP contribution in [-0.4, -0.2) is 4.57 Å². The number of hydrogen-bond acceptors (Lipinski definition) is 2. The van der Waals surface area contributed by atoms with Crippen LogP contribution in [0, 0.1) is 0 Å². The highest BCUT2D eigenvalue weighted by Crippen LogP contribution is 2.54. The van der Waals surface area contributed by atoms with Gasteiger partial charge in [0.1, 0.15) is 0 Å². The zero-order valence-electron chi connectivity index (χ0n) is 32.1. The summed E-state index contributed by atoms with van der Waals surface area (Å²) in [5.41, 5.74) is 14.4. The van der Waals surface area contributed by atoms with Crippen molar-refractivity contribution in [3.8, 4) is 39.1 Å². The number of aromatic nitrogens is 1. The van der Waals surface area contributed by atoms with Gasteiger partial charge in [0.2, 0.25) is 0 Å². The highest BCUT2D eigenvalue weighted by atomic mass is 32.2. The molecule has 11 aromatic rings. The van der Waals surface area contributed by atoms with Crippen LogP contribution in [0.1, 0.15) is 0 Å². The molecule has 276 valence electrons. The molecule has 0 fully saturated rings. The topological polar surface area (TPSA) is 8.17 Å². The van der Waals surface area contributed by atoms with Gasteiger partial charge in [0.25, 0.3) is 0 Å². The van der Waals surface area contributed by atoms with Crippen LogP contribution >= 0.6 is 11.8 Å². The number of fused-ring (bicyclic) bond motifs is 8. The fourth-order valence-corrected chi connectivity index (χ4v) is 10.2. The molecule has 12 rings (SSSR count). The lowest BCUT2D eigenvalue weighted by Crippen LogP contribution is -2.15. The van der Waals surface area contributed by atoms with Gasteiger partial charge in [0, 0.05) is 37.3 Å². The summed E-state index contributed by atoms with van der Waals surface area (Å²) in [6.45, 7) is 0. The molecule has 0 spiro atoms. The molecule has 1 aliphatic heterocycles. The SMILES string of the molecule is c1ccc(-c2cccc(N3c4ccc(-c5ccc6c(c5)c5ccc7ccccc7c5n6-c5cccc(-c6ccccc6)c5)cc4Sc4cc5ccccc5cc43)c2)cc1. The molecule has 0 aliphatic carbocycles. The summed E-state index contributed by atoms with van der Waals surface area (Å²) in [6.07, 6.45) is 0. The minimum atomic E-state index is 1.15. The van der Waals surface area contributed by atoms with Gasteiger partial charge in [0.15, 0.2) is 0 Å². The first-order chi connectivity index (χ1) is 29.2. The van der Waals surface area contributed by atoms with E-state index < -0.39 is 0 Å². The van der Waals surface area contributed by atoms with Crippen molar-refractivity contribution >= 4 is 72.2 Å².